The van der Waals surface area contributed by atoms with Crippen LogP contribution in [0.4, 0.5) is 17.2 Å². The second-order valence-electron chi connectivity index (χ2n) is 5.30. The minimum atomic E-state index is -0.317. The molecule has 0 bridgehead atoms. The fraction of sp³-hybridized carbons (Fsp3) is 0. The van der Waals surface area contributed by atoms with E-state index in [4.69, 9.17) is 28.5 Å². The first-order chi connectivity index (χ1) is 12.6. The van der Waals surface area contributed by atoms with Crippen LogP contribution in [0.5, 0.6) is 0 Å². The van der Waals surface area contributed by atoms with Gasteiger partial charge in [-0.25, -0.2) is 4.98 Å². The molecule has 128 valence electrons. The van der Waals surface area contributed by atoms with Gasteiger partial charge in [0, 0.05) is 17.4 Å². The normalized spacial score (nSPS) is 10.0. The van der Waals surface area contributed by atoms with Crippen LogP contribution >= 0.6 is 23.2 Å². The average molecular weight is 383 g/mol. The van der Waals surface area contributed by atoms with Crippen molar-refractivity contribution in [2.45, 2.75) is 0 Å². The molecule has 1 aromatic heterocycles. The highest BCUT2D eigenvalue weighted by Gasteiger charge is 2.10. The van der Waals surface area contributed by atoms with E-state index in [1.54, 1.807) is 48.5 Å². The summed E-state index contributed by atoms with van der Waals surface area (Å²) in [7, 11) is 0. The second-order valence-corrected chi connectivity index (χ2v) is 6.11. The van der Waals surface area contributed by atoms with E-state index >= 15 is 0 Å². The number of halogens is 2. The predicted molar refractivity (Wildman–Crippen MR) is 103 cm³/mol. The summed E-state index contributed by atoms with van der Waals surface area (Å²) in [5.41, 5.74) is 2.04. The van der Waals surface area contributed by atoms with Crippen LogP contribution in [-0.4, -0.2) is 10.9 Å². The lowest BCUT2D eigenvalue weighted by Gasteiger charge is -2.10. The molecule has 1 amide bonds. The van der Waals surface area contributed by atoms with Crippen molar-refractivity contribution in [3.63, 3.8) is 0 Å². The Morgan fingerprint density at radius 2 is 1.85 bits per heavy atom. The quantitative estimate of drug-likeness (QED) is 0.645. The molecular formula is C19H12Cl2N4O. The minimum Gasteiger partial charge on any atom is -0.339 e. The third kappa shape index (κ3) is 4.12. The molecule has 0 fully saturated rings. The molecule has 3 aromatic rings. The van der Waals surface area contributed by atoms with Crippen LogP contribution in [0.2, 0.25) is 10.0 Å². The van der Waals surface area contributed by atoms with Crippen molar-refractivity contribution in [2.24, 2.45) is 0 Å². The van der Waals surface area contributed by atoms with Crippen molar-refractivity contribution in [1.82, 2.24) is 4.98 Å². The summed E-state index contributed by atoms with van der Waals surface area (Å²) in [4.78, 5) is 16.6. The molecular weight excluding hydrogens is 371 g/mol. The summed E-state index contributed by atoms with van der Waals surface area (Å²) in [6.45, 7) is 0. The Labute approximate surface area is 160 Å². The molecule has 0 unspecified atom stereocenters. The number of benzene rings is 2. The van der Waals surface area contributed by atoms with Crippen LogP contribution in [0, 0.1) is 11.3 Å². The van der Waals surface area contributed by atoms with Crippen molar-refractivity contribution in [1.29, 1.82) is 5.26 Å². The van der Waals surface area contributed by atoms with E-state index in [1.807, 2.05) is 6.07 Å². The van der Waals surface area contributed by atoms with Gasteiger partial charge in [0.2, 0.25) is 0 Å². The van der Waals surface area contributed by atoms with Crippen molar-refractivity contribution in [3.05, 3.63) is 82.0 Å². The smallest absolute Gasteiger partial charge is 0.255 e. The van der Waals surface area contributed by atoms with Gasteiger partial charge in [0.05, 0.1) is 21.3 Å². The second kappa shape index (κ2) is 7.87. The van der Waals surface area contributed by atoms with Gasteiger partial charge in [-0.3, -0.25) is 4.79 Å². The zero-order chi connectivity index (χ0) is 18.5. The zero-order valence-electron chi connectivity index (χ0n) is 13.3. The molecule has 26 heavy (non-hydrogen) atoms. The van der Waals surface area contributed by atoms with Gasteiger partial charge in [0.1, 0.15) is 11.9 Å². The molecule has 0 saturated carbocycles. The number of hydrogen-bond donors (Lipinski definition) is 2. The first-order valence-corrected chi connectivity index (χ1v) is 8.31. The number of rotatable bonds is 4. The molecule has 0 saturated heterocycles. The average Bonchev–Trinajstić information content (AvgIpc) is 2.65. The molecule has 5 nitrogen and oxygen atoms in total. The zero-order valence-corrected chi connectivity index (χ0v) is 14.8. The molecule has 0 atom stereocenters. The summed E-state index contributed by atoms with van der Waals surface area (Å²) in [6, 6.07) is 17.2. The van der Waals surface area contributed by atoms with Crippen molar-refractivity contribution >= 4 is 46.3 Å². The highest BCUT2D eigenvalue weighted by Crippen LogP contribution is 2.25. The molecule has 1 heterocycles. The number of carbonyl (C=O) groups is 1. The van der Waals surface area contributed by atoms with Crippen molar-refractivity contribution in [2.75, 3.05) is 10.6 Å². The van der Waals surface area contributed by atoms with E-state index in [0.29, 0.717) is 38.4 Å². The lowest BCUT2D eigenvalue weighted by atomic mass is 10.2. The number of hydrogen-bond acceptors (Lipinski definition) is 4. The van der Waals surface area contributed by atoms with Gasteiger partial charge in [0.25, 0.3) is 5.91 Å². The summed E-state index contributed by atoms with van der Waals surface area (Å²) >= 11 is 11.8. The fourth-order valence-electron chi connectivity index (χ4n) is 2.24. The number of para-hydroxylation sites is 1. The van der Waals surface area contributed by atoms with E-state index in [9.17, 15) is 4.79 Å². The molecule has 0 spiro atoms. The summed E-state index contributed by atoms with van der Waals surface area (Å²) in [5, 5.41) is 15.7. The van der Waals surface area contributed by atoms with Crippen LogP contribution in [0.15, 0.2) is 60.8 Å². The first kappa shape index (κ1) is 17.7. The monoisotopic (exact) mass is 382 g/mol. The van der Waals surface area contributed by atoms with E-state index in [2.05, 4.69) is 21.7 Å². The summed E-state index contributed by atoms with van der Waals surface area (Å²) in [6.07, 6.45) is 1.51. The van der Waals surface area contributed by atoms with E-state index in [1.165, 1.54) is 6.20 Å². The van der Waals surface area contributed by atoms with Crippen LogP contribution in [0.3, 0.4) is 0 Å². The fourth-order valence-corrected chi connectivity index (χ4v) is 2.54. The third-order valence-electron chi connectivity index (χ3n) is 3.51. The SMILES string of the molecule is N#Cc1ccccc1Nc1cc(C(=O)Nc2ccc(Cl)c(Cl)c2)ccn1. The third-order valence-corrected chi connectivity index (χ3v) is 4.25. The maximum absolute atomic E-state index is 12.4. The Bertz CT molecular complexity index is 1010. The Balaban J connectivity index is 1.79. The van der Waals surface area contributed by atoms with Crippen LogP contribution in [0.25, 0.3) is 0 Å². The van der Waals surface area contributed by atoms with Crippen LogP contribution in [-0.2, 0) is 0 Å². The number of aromatic nitrogens is 1. The number of anilines is 3. The molecule has 7 heteroatoms. The number of nitrogens with zero attached hydrogens (tertiary/aromatic N) is 2. The highest BCUT2D eigenvalue weighted by atomic mass is 35.5. The van der Waals surface area contributed by atoms with E-state index in [-0.39, 0.29) is 5.91 Å². The Morgan fingerprint density at radius 1 is 1.04 bits per heavy atom. The minimum absolute atomic E-state index is 0.317. The molecule has 2 aromatic carbocycles. The molecule has 0 aliphatic heterocycles. The maximum Gasteiger partial charge on any atom is 0.255 e. The Hall–Kier alpha value is -3.07. The van der Waals surface area contributed by atoms with Crippen molar-refractivity contribution in [3.8, 4) is 6.07 Å². The van der Waals surface area contributed by atoms with Crippen LogP contribution < -0.4 is 10.6 Å². The standard InChI is InChI=1S/C19H12Cl2N4O/c20-15-6-5-14(10-16(15)21)24-19(26)12-7-8-23-18(9-12)25-17-4-2-1-3-13(17)11-22/h1-10H,(H,23,25)(H,24,26). The molecule has 0 radical (unpaired) electrons. The number of pyridine rings is 1. The van der Waals surface area contributed by atoms with E-state index < -0.39 is 0 Å². The lowest BCUT2D eigenvalue weighted by Crippen LogP contribution is -2.12. The summed E-state index contributed by atoms with van der Waals surface area (Å²) < 4.78 is 0. The number of nitriles is 1. The van der Waals surface area contributed by atoms with Crippen LogP contribution in [0.1, 0.15) is 15.9 Å². The van der Waals surface area contributed by atoms with Gasteiger partial charge in [-0.15, -0.1) is 0 Å². The highest BCUT2D eigenvalue weighted by molar-refractivity contribution is 6.42. The molecule has 0 aliphatic rings. The number of amides is 1. The summed E-state index contributed by atoms with van der Waals surface area (Å²) in [5.74, 6) is 0.136. The van der Waals surface area contributed by atoms with Gasteiger partial charge in [-0.1, -0.05) is 35.3 Å². The maximum atomic E-state index is 12.4. The van der Waals surface area contributed by atoms with Gasteiger partial charge in [-0.05, 0) is 42.5 Å². The van der Waals surface area contributed by atoms with Gasteiger partial charge < -0.3 is 10.6 Å². The lowest BCUT2D eigenvalue weighted by molar-refractivity contribution is 0.102. The number of nitrogens with one attached hydrogen (secondary N) is 2. The molecule has 3 rings (SSSR count). The van der Waals surface area contributed by atoms with Crippen molar-refractivity contribution < 1.29 is 4.79 Å². The molecule has 2 N–H and O–H groups in total. The predicted octanol–water partition coefficient (Wildman–Crippen LogP) is 5.26. The van der Waals surface area contributed by atoms with Gasteiger partial charge >= 0.3 is 0 Å². The number of carbonyl (C=O) groups excluding carboxylic acids is 1. The Kier molecular flexibility index (Phi) is 5.37. The van der Waals surface area contributed by atoms with E-state index in [0.717, 1.165) is 0 Å². The Morgan fingerprint density at radius 3 is 2.62 bits per heavy atom. The van der Waals surface area contributed by atoms with Gasteiger partial charge in [-0.2, -0.15) is 5.26 Å². The topological polar surface area (TPSA) is 77.8 Å². The largest absolute Gasteiger partial charge is 0.339 e. The first-order valence-electron chi connectivity index (χ1n) is 7.55. The van der Waals surface area contributed by atoms with Gasteiger partial charge in [0.15, 0.2) is 0 Å². The molecule has 0 aliphatic carbocycles.